The summed E-state index contributed by atoms with van der Waals surface area (Å²) in [4.78, 5) is 12.1. The molecule has 0 aliphatic heterocycles. The van der Waals surface area contributed by atoms with Crippen LogP contribution in [0.1, 0.15) is 30.4 Å². The molecule has 1 aromatic heterocycles. The molecule has 2 aromatic carbocycles. The number of carbonyl (C=O) groups is 1. The monoisotopic (exact) mass is 363 g/mol. The number of aromatic nitrogens is 2. The molecule has 0 fully saturated rings. The number of amides is 1. The Hall–Kier alpha value is -3.08. The number of carbonyl (C=O) groups excluding carboxylic acids is 1. The summed E-state index contributed by atoms with van der Waals surface area (Å²) in [5.41, 5.74) is 3.15. The second-order valence-corrected chi connectivity index (χ2v) is 6.57. The second kappa shape index (κ2) is 9.57. The molecule has 0 bridgehead atoms. The van der Waals surface area contributed by atoms with Gasteiger partial charge in [-0.3, -0.25) is 9.48 Å². The predicted molar refractivity (Wildman–Crippen MR) is 107 cm³/mol. The lowest BCUT2D eigenvalue weighted by Crippen LogP contribution is -2.11. The first-order valence-electron chi connectivity index (χ1n) is 9.25. The van der Waals surface area contributed by atoms with Crippen LogP contribution in [0.2, 0.25) is 0 Å². The fraction of sp³-hybridized carbons (Fsp3) is 0.273. The molecule has 1 heterocycles. The van der Waals surface area contributed by atoms with Gasteiger partial charge in [-0.2, -0.15) is 5.10 Å². The summed E-state index contributed by atoms with van der Waals surface area (Å²) in [6.45, 7) is 3.39. The molecular weight excluding hydrogens is 338 g/mol. The van der Waals surface area contributed by atoms with Crippen LogP contribution in [0.15, 0.2) is 67.0 Å². The van der Waals surface area contributed by atoms with Crippen molar-refractivity contribution in [2.45, 2.75) is 32.7 Å². The molecule has 27 heavy (non-hydrogen) atoms. The van der Waals surface area contributed by atoms with Crippen LogP contribution in [0.3, 0.4) is 0 Å². The third-order valence-corrected chi connectivity index (χ3v) is 4.20. The largest absolute Gasteiger partial charge is 0.494 e. The van der Waals surface area contributed by atoms with Gasteiger partial charge >= 0.3 is 0 Å². The van der Waals surface area contributed by atoms with Gasteiger partial charge < -0.3 is 10.1 Å². The highest BCUT2D eigenvalue weighted by Gasteiger charge is 2.03. The van der Waals surface area contributed by atoms with E-state index < -0.39 is 0 Å². The maximum Gasteiger partial charge on any atom is 0.224 e. The van der Waals surface area contributed by atoms with Crippen molar-refractivity contribution >= 4 is 11.6 Å². The van der Waals surface area contributed by atoms with Crippen LogP contribution in [-0.4, -0.2) is 22.3 Å². The van der Waals surface area contributed by atoms with Gasteiger partial charge in [-0.05, 0) is 61.2 Å². The number of nitrogens with zero attached hydrogens (tertiary/aromatic N) is 2. The molecule has 0 unspecified atom stereocenters. The van der Waals surface area contributed by atoms with Crippen LogP contribution < -0.4 is 10.1 Å². The molecular formula is C22H25N3O2. The predicted octanol–water partition coefficient (Wildman–Crippen LogP) is 4.43. The number of hydrogen-bond donors (Lipinski definition) is 1. The van der Waals surface area contributed by atoms with E-state index in [0.29, 0.717) is 13.0 Å². The van der Waals surface area contributed by atoms with Gasteiger partial charge in [0, 0.05) is 24.5 Å². The van der Waals surface area contributed by atoms with Crippen LogP contribution in [0.5, 0.6) is 5.75 Å². The van der Waals surface area contributed by atoms with Crippen LogP contribution in [0.25, 0.3) is 0 Å². The fourth-order valence-electron chi connectivity index (χ4n) is 2.78. The van der Waals surface area contributed by atoms with Crippen LogP contribution in [-0.2, 0) is 11.3 Å². The van der Waals surface area contributed by atoms with E-state index in [-0.39, 0.29) is 5.91 Å². The quantitative estimate of drug-likeness (QED) is 0.572. The third kappa shape index (κ3) is 6.29. The topological polar surface area (TPSA) is 56.1 Å². The second-order valence-electron chi connectivity index (χ2n) is 6.57. The van der Waals surface area contributed by atoms with Crippen molar-refractivity contribution in [1.29, 1.82) is 0 Å². The lowest BCUT2D eigenvalue weighted by molar-refractivity contribution is -0.116. The van der Waals surface area contributed by atoms with Crippen LogP contribution >= 0.6 is 0 Å². The third-order valence-electron chi connectivity index (χ3n) is 4.20. The normalized spacial score (nSPS) is 10.6. The molecule has 5 nitrogen and oxygen atoms in total. The minimum atomic E-state index is 0.0328. The Morgan fingerprint density at radius 2 is 1.96 bits per heavy atom. The van der Waals surface area contributed by atoms with Crippen LogP contribution in [0.4, 0.5) is 5.69 Å². The molecule has 3 rings (SSSR count). The Kier molecular flexibility index (Phi) is 6.63. The number of benzene rings is 2. The van der Waals surface area contributed by atoms with Crippen molar-refractivity contribution in [2.24, 2.45) is 0 Å². The summed E-state index contributed by atoms with van der Waals surface area (Å²) in [5, 5.41) is 7.13. The molecule has 0 spiro atoms. The average molecular weight is 363 g/mol. The number of aryl methyl sites for hydroxylation is 1. The average Bonchev–Trinajstić information content (AvgIpc) is 3.16. The summed E-state index contributed by atoms with van der Waals surface area (Å²) >= 11 is 0. The van der Waals surface area contributed by atoms with E-state index in [2.05, 4.69) is 10.4 Å². The summed E-state index contributed by atoms with van der Waals surface area (Å²) in [6, 6.07) is 17.8. The smallest absolute Gasteiger partial charge is 0.224 e. The van der Waals surface area contributed by atoms with Crippen molar-refractivity contribution in [1.82, 2.24) is 9.78 Å². The Balaban J connectivity index is 1.34. The minimum Gasteiger partial charge on any atom is -0.494 e. The van der Waals surface area contributed by atoms with E-state index in [1.165, 1.54) is 5.56 Å². The Labute approximate surface area is 160 Å². The van der Waals surface area contributed by atoms with Gasteiger partial charge in [0.05, 0.1) is 13.2 Å². The SMILES string of the molecule is Cc1cccc(OCCCCC(=O)Nc2ccc(Cn3cccn3)cc2)c1. The van der Waals surface area contributed by atoms with Gasteiger partial charge in [0.15, 0.2) is 0 Å². The minimum absolute atomic E-state index is 0.0328. The first-order valence-corrected chi connectivity index (χ1v) is 9.25. The van der Waals surface area contributed by atoms with Crippen molar-refractivity contribution in [3.63, 3.8) is 0 Å². The van der Waals surface area contributed by atoms with Crippen LogP contribution in [0, 0.1) is 6.92 Å². The van der Waals surface area contributed by atoms with E-state index in [1.54, 1.807) is 6.20 Å². The molecule has 0 aliphatic carbocycles. The maximum absolute atomic E-state index is 12.1. The molecule has 3 aromatic rings. The fourth-order valence-corrected chi connectivity index (χ4v) is 2.78. The van der Waals surface area contributed by atoms with Gasteiger partial charge in [-0.25, -0.2) is 0 Å². The van der Waals surface area contributed by atoms with E-state index in [0.717, 1.165) is 36.4 Å². The van der Waals surface area contributed by atoms with E-state index in [1.807, 2.05) is 72.4 Å². The highest BCUT2D eigenvalue weighted by Crippen LogP contribution is 2.14. The number of rotatable bonds is 9. The lowest BCUT2D eigenvalue weighted by Gasteiger charge is -2.08. The van der Waals surface area contributed by atoms with E-state index in [9.17, 15) is 4.79 Å². The van der Waals surface area contributed by atoms with Crippen molar-refractivity contribution in [3.05, 3.63) is 78.1 Å². The first kappa shape index (κ1) is 18.7. The number of anilines is 1. The molecule has 1 N–H and O–H groups in total. The van der Waals surface area contributed by atoms with Gasteiger partial charge in [-0.1, -0.05) is 24.3 Å². The van der Waals surface area contributed by atoms with Gasteiger partial charge in [0.1, 0.15) is 5.75 Å². The van der Waals surface area contributed by atoms with Gasteiger partial charge in [0.2, 0.25) is 5.91 Å². The maximum atomic E-state index is 12.1. The zero-order valence-electron chi connectivity index (χ0n) is 15.6. The molecule has 0 atom stereocenters. The number of hydrogen-bond acceptors (Lipinski definition) is 3. The zero-order valence-corrected chi connectivity index (χ0v) is 15.6. The lowest BCUT2D eigenvalue weighted by atomic mass is 10.2. The Morgan fingerprint density at radius 3 is 2.70 bits per heavy atom. The molecule has 5 heteroatoms. The van der Waals surface area contributed by atoms with E-state index in [4.69, 9.17) is 4.74 Å². The van der Waals surface area contributed by atoms with Gasteiger partial charge in [0.25, 0.3) is 0 Å². The van der Waals surface area contributed by atoms with E-state index >= 15 is 0 Å². The standard InChI is InChI=1S/C22H25N3O2/c1-18-6-4-7-21(16-18)27-15-3-2-8-22(26)24-20-11-9-19(10-12-20)17-25-14-5-13-23-25/h4-7,9-14,16H,2-3,8,15,17H2,1H3,(H,24,26). The zero-order chi connectivity index (χ0) is 18.9. The summed E-state index contributed by atoms with van der Waals surface area (Å²) in [5.74, 6) is 0.917. The number of nitrogens with one attached hydrogen (secondary N) is 1. The first-order chi connectivity index (χ1) is 13.2. The molecule has 1 amide bonds. The summed E-state index contributed by atoms with van der Waals surface area (Å²) < 4.78 is 7.57. The Morgan fingerprint density at radius 1 is 1.11 bits per heavy atom. The molecule has 0 saturated carbocycles. The highest BCUT2D eigenvalue weighted by atomic mass is 16.5. The number of ether oxygens (including phenoxy) is 1. The molecule has 0 saturated heterocycles. The van der Waals surface area contributed by atoms with Gasteiger partial charge in [-0.15, -0.1) is 0 Å². The number of unbranched alkanes of at least 4 members (excludes halogenated alkanes) is 1. The van der Waals surface area contributed by atoms with Crippen molar-refractivity contribution < 1.29 is 9.53 Å². The van der Waals surface area contributed by atoms with Crippen molar-refractivity contribution in [2.75, 3.05) is 11.9 Å². The summed E-state index contributed by atoms with van der Waals surface area (Å²) in [6.07, 6.45) is 5.84. The Bertz CT molecular complexity index is 842. The summed E-state index contributed by atoms with van der Waals surface area (Å²) in [7, 11) is 0. The van der Waals surface area contributed by atoms with Crippen molar-refractivity contribution in [3.8, 4) is 5.75 Å². The molecule has 0 aliphatic rings. The molecule has 0 radical (unpaired) electrons. The highest BCUT2D eigenvalue weighted by molar-refractivity contribution is 5.90. The molecule has 140 valence electrons.